The standard InChI is InChI=1S/C27H46O/c1-18(2)7-6-8-19(3)23-11-12-24-22-10-9-20-17-21(28)13-15-26(20,4)25(22)14-16-27(23,24)5/h9,18-19,21-25,28H,6-8,10-17H2,1-5H3/t19-,21+,22?,23-,24+,25+,26+,27-/m1/s1. The quantitative estimate of drug-likeness (QED) is 0.488. The molecular formula is C27H46O. The number of hydrogen-bond acceptors (Lipinski definition) is 1. The van der Waals surface area contributed by atoms with Crippen LogP contribution >= 0.6 is 0 Å². The van der Waals surface area contributed by atoms with Gasteiger partial charge in [-0.2, -0.15) is 0 Å². The second kappa shape index (κ2) is 7.75. The molecule has 0 heterocycles. The molecule has 1 nitrogen and oxygen atoms in total. The predicted octanol–water partition coefficient (Wildman–Crippen LogP) is 7.39. The van der Waals surface area contributed by atoms with E-state index in [0.29, 0.717) is 10.8 Å². The Morgan fingerprint density at radius 1 is 1.00 bits per heavy atom. The molecule has 28 heavy (non-hydrogen) atoms. The molecule has 0 bridgehead atoms. The average Bonchev–Trinajstić information content (AvgIpc) is 2.99. The zero-order valence-corrected chi connectivity index (χ0v) is 19.3. The van der Waals surface area contributed by atoms with Crippen molar-refractivity contribution >= 4 is 0 Å². The molecule has 3 saturated carbocycles. The van der Waals surface area contributed by atoms with E-state index in [0.717, 1.165) is 48.3 Å². The van der Waals surface area contributed by atoms with Crippen LogP contribution in [0.4, 0.5) is 0 Å². The molecule has 0 spiro atoms. The second-order valence-electron chi connectivity index (χ2n) is 12.2. The Morgan fingerprint density at radius 2 is 1.79 bits per heavy atom. The van der Waals surface area contributed by atoms with Crippen LogP contribution in [0.1, 0.15) is 105 Å². The second-order valence-corrected chi connectivity index (χ2v) is 12.2. The Morgan fingerprint density at radius 3 is 2.54 bits per heavy atom. The lowest BCUT2D eigenvalue weighted by Crippen LogP contribution is -2.50. The van der Waals surface area contributed by atoms with Crippen LogP contribution in [0, 0.1) is 46.3 Å². The summed E-state index contributed by atoms with van der Waals surface area (Å²) in [6, 6.07) is 0. The number of rotatable bonds is 5. The first-order valence-corrected chi connectivity index (χ1v) is 12.6. The molecule has 0 radical (unpaired) electrons. The zero-order valence-electron chi connectivity index (χ0n) is 19.3. The maximum Gasteiger partial charge on any atom is 0.0577 e. The molecule has 4 aliphatic rings. The molecule has 0 aromatic rings. The van der Waals surface area contributed by atoms with Crippen molar-refractivity contribution in [3.8, 4) is 0 Å². The largest absolute Gasteiger partial charge is 0.393 e. The van der Waals surface area contributed by atoms with Gasteiger partial charge in [0.1, 0.15) is 0 Å². The first kappa shape index (κ1) is 21.0. The number of aliphatic hydroxyl groups is 1. The van der Waals surface area contributed by atoms with Gasteiger partial charge in [-0.25, -0.2) is 0 Å². The number of aliphatic hydroxyl groups excluding tert-OH is 1. The maximum absolute atomic E-state index is 10.2. The van der Waals surface area contributed by atoms with Crippen molar-refractivity contribution in [1.82, 2.24) is 0 Å². The van der Waals surface area contributed by atoms with Crippen LogP contribution in [0.5, 0.6) is 0 Å². The van der Waals surface area contributed by atoms with Gasteiger partial charge in [-0.05, 0) is 97.7 Å². The van der Waals surface area contributed by atoms with Gasteiger partial charge >= 0.3 is 0 Å². The van der Waals surface area contributed by atoms with E-state index < -0.39 is 0 Å². The molecule has 4 aliphatic carbocycles. The van der Waals surface area contributed by atoms with Gasteiger partial charge in [0.25, 0.3) is 0 Å². The van der Waals surface area contributed by atoms with Crippen LogP contribution in [0.3, 0.4) is 0 Å². The fourth-order valence-electron chi connectivity index (χ4n) is 8.67. The van der Waals surface area contributed by atoms with Crippen LogP contribution in [0.15, 0.2) is 11.6 Å². The van der Waals surface area contributed by atoms with Gasteiger partial charge in [-0.3, -0.25) is 0 Å². The van der Waals surface area contributed by atoms with Gasteiger partial charge in [0, 0.05) is 0 Å². The molecule has 1 N–H and O–H groups in total. The average molecular weight is 387 g/mol. The number of hydrogen-bond donors (Lipinski definition) is 1. The SMILES string of the molecule is CC(C)CCC[C@@H](C)[C@H]1CC[C@H]2C3CC=C4C[C@@H](O)CC[C@]4(C)[C@H]3CC[C@]12C. The molecule has 0 amide bonds. The van der Waals surface area contributed by atoms with E-state index in [1.165, 1.54) is 57.8 Å². The Kier molecular flexibility index (Phi) is 5.80. The Hall–Kier alpha value is -0.300. The smallest absolute Gasteiger partial charge is 0.0577 e. The van der Waals surface area contributed by atoms with Crippen LogP contribution < -0.4 is 0 Å². The predicted molar refractivity (Wildman–Crippen MR) is 119 cm³/mol. The van der Waals surface area contributed by atoms with Crippen molar-refractivity contribution in [2.24, 2.45) is 46.3 Å². The molecule has 8 atom stereocenters. The van der Waals surface area contributed by atoms with Gasteiger partial charge in [0.05, 0.1) is 6.10 Å². The lowest BCUT2D eigenvalue weighted by molar-refractivity contribution is -0.0573. The number of fused-ring (bicyclic) bond motifs is 5. The molecule has 1 unspecified atom stereocenters. The van der Waals surface area contributed by atoms with Crippen LogP contribution in [0.25, 0.3) is 0 Å². The van der Waals surface area contributed by atoms with E-state index in [2.05, 4.69) is 40.7 Å². The highest BCUT2D eigenvalue weighted by Crippen LogP contribution is 2.67. The Bertz CT molecular complexity index is 591. The van der Waals surface area contributed by atoms with Gasteiger partial charge in [0.15, 0.2) is 0 Å². The van der Waals surface area contributed by atoms with Crippen molar-refractivity contribution in [1.29, 1.82) is 0 Å². The fourth-order valence-corrected chi connectivity index (χ4v) is 8.67. The summed E-state index contributed by atoms with van der Waals surface area (Å²) in [6.45, 7) is 12.6. The summed E-state index contributed by atoms with van der Waals surface area (Å²) >= 11 is 0. The highest BCUT2D eigenvalue weighted by atomic mass is 16.3. The van der Waals surface area contributed by atoms with E-state index in [9.17, 15) is 5.11 Å². The lowest BCUT2D eigenvalue weighted by Gasteiger charge is -2.58. The Balaban J connectivity index is 1.49. The van der Waals surface area contributed by atoms with Gasteiger partial charge < -0.3 is 5.11 Å². The summed E-state index contributed by atoms with van der Waals surface area (Å²) in [5, 5.41) is 10.2. The zero-order chi connectivity index (χ0) is 20.1. The minimum absolute atomic E-state index is 0.0766. The van der Waals surface area contributed by atoms with Crippen LogP contribution in [-0.4, -0.2) is 11.2 Å². The fraction of sp³-hybridized carbons (Fsp3) is 0.926. The summed E-state index contributed by atoms with van der Waals surface area (Å²) in [6.07, 6.45) is 17.2. The van der Waals surface area contributed by atoms with Gasteiger partial charge in [0.2, 0.25) is 0 Å². The molecular weight excluding hydrogens is 340 g/mol. The molecule has 0 aromatic heterocycles. The number of allylic oxidation sites excluding steroid dienone is 1. The van der Waals surface area contributed by atoms with E-state index in [-0.39, 0.29) is 6.10 Å². The highest BCUT2D eigenvalue weighted by molar-refractivity contribution is 5.25. The minimum atomic E-state index is -0.0766. The van der Waals surface area contributed by atoms with E-state index in [1.807, 2.05) is 0 Å². The third kappa shape index (κ3) is 3.42. The summed E-state index contributed by atoms with van der Waals surface area (Å²) < 4.78 is 0. The first-order chi connectivity index (χ1) is 13.3. The van der Waals surface area contributed by atoms with Crippen molar-refractivity contribution in [3.63, 3.8) is 0 Å². The van der Waals surface area contributed by atoms with Crippen molar-refractivity contribution in [2.45, 2.75) is 111 Å². The summed E-state index contributed by atoms with van der Waals surface area (Å²) in [5.74, 6) is 5.46. The van der Waals surface area contributed by atoms with Crippen LogP contribution in [0.2, 0.25) is 0 Å². The molecule has 160 valence electrons. The Labute approximate surface area is 174 Å². The molecule has 4 rings (SSSR count). The maximum atomic E-state index is 10.2. The lowest BCUT2D eigenvalue weighted by atomic mass is 9.47. The van der Waals surface area contributed by atoms with E-state index in [1.54, 1.807) is 5.57 Å². The monoisotopic (exact) mass is 386 g/mol. The van der Waals surface area contributed by atoms with Crippen molar-refractivity contribution < 1.29 is 5.11 Å². The van der Waals surface area contributed by atoms with E-state index >= 15 is 0 Å². The van der Waals surface area contributed by atoms with Crippen molar-refractivity contribution in [3.05, 3.63) is 11.6 Å². The third-order valence-electron chi connectivity index (χ3n) is 10.3. The normalized spacial score (nSPS) is 46.5. The molecule has 0 saturated heterocycles. The third-order valence-corrected chi connectivity index (χ3v) is 10.3. The molecule has 3 fully saturated rings. The summed E-state index contributed by atoms with van der Waals surface area (Å²) in [4.78, 5) is 0. The first-order valence-electron chi connectivity index (χ1n) is 12.6. The summed E-state index contributed by atoms with van der Waals surface area (Å²) in [5.41, 5.74) is 2.60. The minimum Gasteiger partial charge on any atom is -0.393 e. The van der Waals surface area contributed by atoms with Crippen molar-refractivity contribution in [2.75, 3.05) is 0 Å². The van der Waals surface area contributed by atoms with Gasteiger partial charge in [-0.15, -0.1) is 0 Å². The molecule has 0 aromatic carbocycles. The molecule has 0 aliphatic heterocycles. The van der Waals surface area contributed by atoms with E-state index in [4.69, 9.17) is 0 Å². The highest BCUT2D eigenvalue weighted by Gasteiger charge is 2.59. The summed E-state index contributed by atoms with van der Waals surface area (Å²) in [7, 11) is 0. The topological polar surface area (TPSA) is 20.2 Å². The van der Waals surface area contributed by atoms with Crippen LogP contribution in [-0.2, 0) is 0 Å². The van der Waals surface area contributed by atoms with Gasteiger partial charge in [-0.1, -0.05) is 65.5 Å². The molecule has 1 heteroatoms.